The molecule has 1 aliphatic rings. The van der Waals surface area contributed by atoms with Crippen molar-refractivity contribution in [1.29, 1.82) is 0 Å². The van der Waals surface area contributed by atoms with Crippen molar-refractivity contribution in [3.05, 3.63) is 31.9 Å². The number of piperazine rings is 1. The van der Waals surface area contributed by atoms with Gasteiger partial charge in [-0.25, -0.2) is 0 Å². The van der Waals surface area contributed by atoms with E-state index in [1.165, 1.54) is 0 Å². The van der Waals surface area contributed by atoms with Crippen LogP contribution in [0.5, 0.6) is 0 Å². The summed E-state index contributed by atoms with van der Waals surface area (Å²) < 4.78 is 0.696. The smallest absolute Gasteiger partial charge is 0.282 e. The summed E-state index contributed by atoms with van der Waals surface area (Å²) in [6, 6.07) is 5.85. The quantitative estimate of drug-likeness (QED) is 0.461. The molecule has 0 saturated carbocycles. The molecule has 1 aromatic carbocycles. The molecule has 1 unspecified atom stereocenters. The summed E-state index contributed by atoms with van der Waals surface area (Å²) in [6.45, 7) is 5.15. The van der Waals surface area contributed by atoms with Gasteiger partial charge in [-0.3, -0.25) is 10.1 Å². The highest BCUT2D eigenvalue weighted by Crippen LogP contribution is 2.27. The number of rotatable bonds is 2. The topological polar surface area (TPSA) is 49.6 Å². The fourth-order valence-electron chi connectivity index (χ4n) is 2.12. The Labute approximate surface area is 120 Å². The van der Waals surface area contributed by atoms with E-state index in [1.54, 1.807) is 6.07 Å². The second kappa shape index (κ2) is 5.40. The number of hydrogen-bond acceptors (Lipinski definition) is 4. The Hall–Kier alpha value is -0.890. The molecule has 2 rings (SSSR count). The molecule has 6 heteroatoms. The molecule has 0 radical (unpaired) electrons. The molecule has 0 aromatic heterocycles. The highest BCUT2D eigenvalue weighted by molar-refractivity contribution is 14.1. The van der Waals surface area contributed by atoms with Gasteiger partial charge < -0.3 is 9.80 Å². The van der Waals surface area contributed by atoms with Gasteiger partial charge in [0.25, 0.3) is 5.69 Å². The van der Waals surface area contributed by atoms with Crippen LogP contribution in [0.3, 0.4) is 0 Å². The molecule has 1 fully saturated rings. The second-order valence-corrected chi connectivity index (χ2v) is 5.83. The summed E-state index contributed by atoms with van der Waals surface area (Å²) in [5.74, 6) is 0. The largest absolute Gasteiger partial charge is 0.369 e. The molecule has 0 bridgehead atoms. The number of nitro groups is 1. The van der Waals surface area contributed by atoms with Gasteiger partial charge in [-0.1, -0.05) is 0 Å². The van der Waals surface area contributed by atoms with Gasteiger partial charge in [0.2, 0.25) is 0 Å². The molecule has 1 atom stereocenters. The second-order valence-electron chi connectivity index (χ2n) is 4.67. The van der Waals surface area contributed by atoms with Crippen LogP contribution in [0.15, 0.2) is 18.2 Å². The van der Waals surface area contributed by atoms with E-state index in [0.29, 0.717) is 9.61 Å². The van der Waals surface area contributed by atoms with Gasteiger partial charge in [-0.15, -0.1) is 0 Å². The van der Waals surface area contributed by atoms with Crippen LogP contribution < -0.4 is 4.90 Å². The van der Waals surface area contributed by atoms with Crippen LogP contribution in [0, 0.1) is 13.7 Å². The average molecular weight is 361 g/mol. The maximum Gasteiger partial charge on any atom is 0.282 e. The monoisotopic (exact) mass is 361 g/mol. The number of likely N-dealkylation sites (N-methyl/N-ethyl adjacent to an activating group) is 1. The molecule has 0 amide bonds. The van der Waals surface area contributed by atoms with Crippen molar-refractivity contribution in [3.8, 4) is 0 Å². The molecule has 98 valence electrons. The number of benzene rings is 1. The number of nitrogens with zero attached hydrogens (tertiary/aromatic N) is 3. The van der Waals surface area contributed by atoms with Crippen molar-refractivity contribution >= 4 is 34.0 Å². The molecule has 1 aromatic rings. The Morgan fingerprint density at radius 1 is 1.44 bits per heavy atom. The van der Waals surface area contributed by atoms with E-state index in [0.717, 1.165) is 25.3 Å². The third kappa shape index (κ3) is 2.74. The van der Waals surface area contributed by atoms with E-state index in [4.69, 9.17) is 0 Å². The molecular weight excluding hydrogens is 345 g/mol. The third-order valence-corrected chi connectivity index (χ3v) is 4.32. The Morgan fingerprint density at radius 2 is 2.17 bits per heavy atom. The maximum absolute atomic E-state index is 10.8. The van der Waals surface area contributed by atoms with Crippen LogP contribution in [-0.4, -0.2) is 42.5 Å². The van der Waals surface area contributed by atoms with E-state index in [-0.39, 0.29) is 10.6 Å². The van der Waals surface area contributed by atoms with E-state index >= 15 is 0 Å². The maximum atomic E-state index is 10.8. The third-order valence-electron chi connectivity index (χ3n) is 3.45. The molecule has 0 spiro atoms. The van der Waals surface area contributed by atoms with E-state index in [1.807, 2.05) is 34.7 Å². The molecule has 1 aliphatic heterocycles. The molecule has 5 nitrogen and oxygen atoms in total. The average Bonchev–Trinajstić information content (AvgIpc) is 2.32. The van der Waals surface area contributed by atoms with Gasteiger partial charge in [-0.05, 0) is 48.7 Å². The van der Waals surface area contributed by atoms with Crippen molar-refractivity contribution < 1.29 is 4.92 Å². The van der Waals surface area contributed by atoms with Crippen LogP contribution in [0.4, 0.5) is 11.4 Å². The summed E-state index contributed by atoms with van der Waals surface area (Å²) in [6.07, 6.45) is 0. The van der Waals surface area contributed by atoms with Gasteiger partial charge >= 0.3 is 0 Å². The first-order chi connectivity index (χ1) is 8.49. The van der Waals surface area contributed by atoms with Crippen molar-refractivity contribution in [2.45, 2.75) is 13.0 Å². The standard InChI is InChI=1S/C12H16IN3O2/c1-9-8-15(6-5-14(9)2)10-3-4-12(16(17)18)11(13)7-10/h3-4,7,9H,5-6,8H2,1-2H3. The zero-order valence-corrected chi connectivity index (χ0v) is 12.6. The first kappa shape index (κ1) is 13.5. The number of halogens is 1. The van der Waals surface area contributed by atoms with Crippen molar-refractivity contribution in [3.63, 3.8) is 0 Å². The first-order valence-electron chi connectivity index (χ1n) is 5.88. The lowest BCUT2D eigenvalue weighted by molar-refractivity contribution is -0.385. The Morgan fingerprint density at radius 3 is 2.72 bits per heavy atom. The molecule has 0 N–H and O–H groups in total. The van der Waals surface area contributed by atoms with E-state index in [9.17, 15) is 10.1 Å². The van der Waals surface area contributed by atoms with E-state index < -0.39 is 0 Å². The first-order valence-corrected chi connectivity index (χ1v) is 6.96. The minimum Gasteiger partial charge on any atom is -0.369 e. The zero-order chi connectivity index (χ0) is 13.3. The normalized spacial score (nSPS) is 21.1. The highest BCUT2D eigenvalue weighted by Gasteiger charge is 2.22. The van der Waals surface area contributed by atoms with Gasteiger partial charge in [0.05, 0.1) is 8.49 Å². The SMILES string of the molecule is CC1CN(c2ccc([N+](=O)[O-])c(I)c2)CCN1C. The summed E-state index contributed by atoms with van der Waals surface area (Å²) in [5, 5.41) is 10.8. The van der Waals surface area contributed by atoms with E-state index in [2.05, 4.69) is 23.8 Å². The van der Waals surface area contributed by atoms with Crippen molar-refractivity contribution in [2.75, 3.05) is 31.6 Å². The highest BCUT2D eigenvalue weighted by atomic mass is 127. The van der Waals surface area contributed by atoms with Gasteiger partial charge in [0, 0.05) is 37.4 Å². The molecule has 18 heavy (non-hydrogen) atoms. The molecule has 1 heterocycles. The fourth-order valence-corrected chi connectivity index (χ4v) is 2.82. The molecular formula is C12H16IN3O2. The van der Waals surface area contributed by atoms with Crippen LogP contribution >= 0.6 is 22.6 Å². The lowest BCUT2D eigenvalue weighted by Gasteiger charge is -2.39. The summed E-state index contributed by atoms with van der Waals surface area (Å²) in [7, 11) is 2.13. The number of anilines is 1. The lowest BCUT2D eigenvalue weighted by Crippen LogP contribution is -2.50. The van der Waals surface area contributed by atoms with Crippen LogP contribution in [0.1, 0.15) is 6.92 Å². The van der Waals surface area contributed by atoms with Gasteiger partial charge in [0.1, 0.15) is 0 Å². The predicted molar refractivity (Wildman–Crippen MR) is 80.1 cm³/mol. The Kier molecular flexibility index (Phi) is 4.06. The van der Waals surface area contributed by atoms with Crippen molar-refractivity contribution in [1.82, 2.24) is 4.90 Å². The lowest BCUT2D eigenvalue weighted by atomic mass is 10.1. The Bertz CT molecular complexity index is 467. The summed E-state index contributed by atoms with van der Waals surface area (Å²) >= 11 is 2.03. The van der Waals surface area contributed by atoms with Crippen LogP contribution in [0.2, 0.25) is 0 Å². The minimum atomic E-state index is -0.335. The van der Waals surface area contributed by atoms with Crippen LogP contribution in [-0.2, 0) is 0 Å². The molecule has 0 aliphatic carbocycles. The molecule has 1 saturated heterocycles. The van der Waals surface area contributed by atoms with Crippen molar-refractivity contribution in [2.24, 2.45) is 0 Å². The zero-order valence-electron chi connectivity index (χ0n) is 10.5. The van der Waals surface area contributed by atoms with Gasteiger partial charge in [0.15, 0.2) is 0 Å². The Balaban J connectivity index is 2.19. The number of hydrogen-bond donors (Lipinski definition) is 0. The summed E-state index contributed by atoms with van der Waals surface area (Å²) in [5.41, 5.74) is 1.26. The number of nitro benzene ring substituents is 1. The fraction of sp³-hybridized carbons (Fsp3) is 0.500. The van der Waals surface area contributed by atoms with Gasteiger partial charge in [-0.2, -0.15) is 0 Å². The minimum absolute atomic E-state index is 0.182. The predicted octanol–water partition coefficient (Wildman–Crippen LogP) is 2.34. The van der Waals surface area contributed by atoms with Crippen LogP contribution in [0.25, 0.3) is 0 Å². The summed E-state index contributed by atoms with van der Waals surface area (Å²) in [4.78, 5) is 15.1.